The summed E-state index contributed by atoms with van der Waals surface area (Å²) in [5, 5.41) is 11.2. The Morgan fingerprint density at radius 1 is 1.45 bits per heavy atom. The largest absolute Gasteiger partial charge is 0.343 e. The number of H-pyrrole nitrogens is 1. The topological polar surface area (TPSA) is 62.7 Å². The third-order valence-corrected chi connectivity index (χ3v) is 4.32. The van der Waals surface area contributed by atoms with Crippen molar-refractivity contribution in [1.29, 1.82) is 0 Å². The molecule has 1 aromatic carbocycles. The second-order valence-electron chi connectivity index (χ2n) is 4.15. The van der Waals surface area contributed by atoms with Gasteiger partial charge in [-0.2, -0.15) is 0 Å². The van der Waals surface area contributed by atoms with Crippen molar-refractivity contribution in [2.75, 3.05) is 6.54 Å². The van der Waals surface area contributed by atoms with Gasteiger partial charge >= 0.3 is 5.69 Å². The monoisotopic (exact) mass is 312 g/mol. The molecule has 0 aliphatic carbocycles. The molecule has 0 spiro atoms. The van der Waals surface area contributed by atoms with Crippen molar-refractivity contribution in [3.8, 4) is 0 Å². The first-order valence-corrected chi connectivity index (χ1v) is 7.68. The van der Waals surface area contributed by atoms with Gasteiger partial charge in [0.05, 0.1) is 0 Å². The molecule has 0 saturated carbocycles. The maximum absolute atomic E-state index is 11.6. The Morgan fingerprint density at radius 2 is 2.25 bits per heavy atom. The first kappa shape index (κ1) is 15.2. The molecule has 0 amide bonds. The Hall–Kier alpha value is -1.24. The standard InChI is InChI=1S/C13H17ClN4OS/c1-3-15-8-9-10(14)6-5-7-11(9)20-13-17-16-12(19)18(13)4-2/h5-7,15H,3-4,8H2,1-2H3,(H,16,19). The Morgan fingerprint density at radius 3 is 2.95 bits per heavy atom. The molecule has 2 aromatic rings. The zero-order chi connectivity index (χ0) is 14.5. The predicted molar refractivity (Wildman–Crippen MR) is 81.5 cm³/mol. The molecule has 20 heavy (non-hydrogen) atoms. The summed E-state index contributed by atoms with van der Waals surface area (Å²) in [6.45, 7) is 6.11. The van der Waals surface area contributed by atoms with Gasteiger partial charge in [-0.15, -0.1) is 5.10 Å². The SMILES string of the molecule is CCNCc1c(Cl)cccc1Sc1n[nH]c(=O)n1CC. The highest BCUT2D eigenvalue weighted by Gasteiger charge is 2.13. The highest BCUT2D eigenvalue weighted by molar-refractivity contribution is 7.99. The molecule has 0 aliphatic rings. The maximum Gasteiger partial charge on any atom is 0.343 e. The van der Waals surface area contributed by atoms with Crippen LogP contribution >= 0.6 is 23.4 Å². The Bertz CT molecular complexity index is 638. The van der Waals surface area contributed by atoms with Crippen molar-refractivity contribution in [2.24, 2.45) is 0 Å². The van der Waals surface area contributed by atoms with E-state index in [1.165, 1.54) is 11.8 Å². The van der Waals surface area contributed by atoms with Crippen LogP contribution in [0.15, 0.2) is 33.0 Å². The number of halogens is 1. The Balaban J connectivity index is 2.33. The van der Waals surface area contributed by atoms with Crippen LogP contribution in [0, 0.1) is 0 Å². The van der Waals surface area contributed by atoms with Crippen LogP contribution in [0.4, 0.5) is 0 Å². The molecule has 2 rings (SSSR count). The lowest BCUT2D eigenvalue weighted by Crippen LogP contribution is -2.16. The van der Waals surface area contributed by atoms with Crippen LogP contribution in [0.1, 0.15) is 19.4 Å². The van der Waals surface area contributed by atoms with Gasteiger partial charge in [-0.1, -0.05) is 24.6 Å². The molecule has 5 nitrogen and oxygen atoms in total. The highest BCUT2D eigenvalue weighted by Crippen LogP contribution is 2.32. The molecule has 108 valence electrons. The minimum absolute atomic E-state index is 0.190. The van der Waals surface area contributed by atoms with Gasteiger partial charge in [0, 0.05) is 23.0 Å². The van der Waals surface area contributed by atoms with Crippen LogP contribution < -0.4 is 11.0 Å². The van der Waals surface area contributed by atoms with E-state index in [1.54, 1.807) is 4.57 Å². The van der Waals surface area contributed by atoms with E-state index in [-0.39, 0.29) is 5.69 Å². The summed E-state index contributed by atoms with van der Waals surface area (Å²) >= 11 is 7.71. The summed E-state index contributed by atoms with van der Waals surface area (Å²) in [5.74, 6) is 0. The average Bonchev–Trinajstić information content (AvgIpc) is 2.78. The number of nitrogens with zero attached hydrogens (tertiary/aromatic N) is 2. The first-order chi connectivity index (χ1) is 9.67. The van der Waals surface area contributed by atoms with Crippen LogP contribution in [0.25, 0.3) is 0 Å². The summed E-state index contributed by atoms with van der Waals surface area (Å²) < 4.78 is 1.60. The van der Waals surface area contributed by atoms with Gasteiger partial charge in [-0.25, -0.2) is 9.89 Å². The van der Waals surface area contributed by atoms with Crippen molar-refractivity contribution in [3.05, 3.63) is 39.3 Å². The van der Waals surface area contributed by atoms with Crippen LogP contribution in [0.5, 0.6) is 0 Å². The molecule has 2 N–H and O–H groups in total. The van der Waals surface area contributed by atoms with Crippen LogP contribution in [0.2, 0.25) is 5.02 Å². The quantitative estimate of drug-likeness (QED) is 0.860. The van der Waals surface area contributed by atoms with E-state index in [1.807, 2.05) is 32.0 Å². The number of rotatable bonds is 6. The lowest BCUT2D eigenvalue weighted by Gasteiger charge is -2.11. The molecule has 0 radical (unpaired) electrons. The van der Waals surface area contributed by atoms with Crippen molar-refractivity contribution >= 4 is 23.4 Å². The number of benzene rings is 1. The number of hydrogen-bond acceptors (Lipinski definition) is 4. The Labute approximate surface area is 126 Å². The second-order valence-corrected chi connectivity index (χ2v) is 5.57. The smallest absolute Gasteiger partial charge is 0.313 e. The van der Waals surface area contributed by atoms with E-state index in [4.69, 9.17) is 11.6 Å². The third kappa shape index (κ3) is 3.26. The number of nitrogens with one attached hydrogen (secondary N) is 2. The molecule has 1 aromatic heterocycles. The fourth-order valence-electron chi connectivity index (χ4n) is 1.81. The molecule has 7 heteroatoms. The fraction of sp³-hybridized carbons (Fsp3) is 0.385. The van der Waals surface area contributed by atoms with E-state index in [9.17, 15) is 4.79 Å². The van der Waals surface area contributed by atoms with Crippen molar-refractivity contribution in [2.45, 2.75) is 37.0 Å². The Kier molecular flexibility index (Phi) is 5.28. The molecule has 0 atom stereocenters. The van der Waals surface area contributed by atoms with Crippen LogP contribution in [0.3, 0.4) is 0 Å². The molecular formula is C13H17ClN4OS. The van der Waals surface area contributed by atoms with E-state index in [2.05, 4.69) is 15.5 Å². The second kappa shape index (κ2) is 6.97. The zero-order valence-electron chi connectivity index (χ0n) is 11.4. The van der Waals surface area contributed by atoms with Gasteiger partial charge in [0.1, 0.15) is 0 Å². The minimum atomic E-state index is -0.190. The molecule has 0 saturated heterocycles. The maximum atomic E-state index is 11.6. The van der Waals surface area contributed by atoms with Gasteiger partial charge in [0.2, 0.25) is 0 Å². The van der Waals surface area contributed by atoms with E-state index in [0.29, 0.717) is 18.2 Å². The van der Waals surface area contributed by atoms with Crippen molar-refractivity contribution in [1.82, 2.24) is 20.1 Å². The normalized spacial score (nSPS) is 10.9. The van der Waals surface area contributed by atoms with Crippen molar-refractivity contribution < 1.29 is 0 Å². The third-order valence-electron chi connectivity index (χ3n) is 2.87. The first-order valence-electron chi connectivity index (χ1n) is 6.48. The minimum Gasteiger partial charge on any atom is -0.313 e. The van der Waals surface area contributed by atoms with Gasteiger partial charge in [-0.3, -0.25) is 4.57 Å². The summed E-state index contributed by atoms with van der Waals surface area (Å²) in [5.41, 5.74) is 0.837. The molecule has 0 fully saturated rings. The lowest BCUT2D eigenvalue weighted by molar-refractivity contribution is 0.660. The fourth-order valence-corrected chi connectivity index (χ4v) is 3.17. The average molecular weight is 313 g/mol. The van der Waals surface area contributed by atoms with E-state index in [0.717, 1.165) is 22.0 Å². The van der Waals surface area contributed by atoms with Gasteiger partial charge in [0.25, 0.3) is 0 Å². The lowest BCUT2D eigenvalue weighted by atomic mass is 10.2. The number of aromatic amines is 1. The summed E-state index contributed by atoms with van der Waals surface area (Å²) in [4.78, 5) is 12.6. The van der Waals surface area contributed by atoms with Gasteiger partial charge in [0.15, 0.2) is 5.16 Å². The summed E-state index contributed by atoms with van der Waals surface area (Å²) in [6.07, 6.45) is 0. The molecule has 0 aliphatic heterocycles. The van der Waals surface area contributed by atoms with Gasteiger partial charge in [-0.05, 0) is 42.9 Å². The van der Waals surface area contributed by atoms with Gasteiger partial charge < -0.3 is 5.32 Å². The van der Waals surface area contributed by atoms with Crippen molar-refractivity contribution in [3.63, 3.8) is 0 Å². The predicted octanol–water partition coefficient (Wildman–Crippen LogP) is 2.51. The number of hydrogen-bond donors (Lipinski definition) is 2. The number of aromatic nitrogens is 3. The van der Waals surface area contributed by atoms with E-state index >= 15 is 0 Å². The summed E-state index contributed by atoms with van der Waals surface area (Å²) in [6, 6.07) is 5.76. The van der Waals surface area contributed by atoms with Crippen LogP contribution in [-0.2, 0) is 13.1 Å². The van der Waals surface area contributed by atoms with Crippen LogP contribution in [-0.4, -0.2) is 21.3 Å². The molecular weight excluding hydrogens is 296 g/mol. The molecule has 0 bridgehead atoms. The molecule has 1 heterocycles. The molecule has 0 unspecified atom stereocenters. The summed E-state index contributed by atoms with van der Waals surface area (Å²) in [7, 11) is 0. The zero-order valence-corrected chi connectivity index (χ0v) is 13.0. The van der Waals surface area contributed by atoms with E-state index < -0.39 is 0 Å². The highest BCUT2D eigenvalue weighted by atomic mass is 35.5.